The Morgan fingerprint density at radius 3 is 2.21 bits per heavy atom. The minimum atomic E-state index is -5.09. The van der Waals surface area contributed by atoms with Gasteiger partial charge in [0.05, 0.1) is 0 Å². The third-order valence-corrected chi connectivity index (χ3v) is 3.29. The number of urea groups is 1. The SMILES string of the molecule is CCC(CSC)NC(=O)NC(C)(C(=O)O)C(F)(F)F. The molecule has 0 aliphatic carbocycles. The summed E-state index contributed by atoms with van der Waals surface area (Å²) in [6.45, 7) is 2.17. The molecule has 0 radical (unpaired) electrons. The van der Waals surface area contributed by atoms with E-state index in [-0.39, 0.29) is 6.04 Å². The fourth-order valence-electron chi connectivity index (χ4n) is 1.16. The summed E-state index contributed by atoms with van der Waals surface area (Å²) in [6, 6.07) is -1.47. The van der Waals surface area contributed by atoms with Crippen molar-refractivity contribution in [2.45, 2.75) is 38.0 Å². The van der Waals surface area contributed by atoms with E-state index < -0.39 is 23.7 Å². The summed E-state index contributed by atoms with van der Waals surface area (Å²) in [5, 5.41) is 12.4. The fourth-order valence-corrected chi connectivity index (χ4v) is 1.88. The van der Waals surface area contributed by atoms with E-state index in [9.17, 15) is 22.8 Å². The van der Waals surface area contributed by atoms with E-state index in [1.807, 2.05) is 0 Å². The van der Waals surface area contributed by atoms with Crippen molar-refractivity contribution in [2.75, 3.05) is 12.0 Å². The van der Waals surface area contributed by atoms with Gasteiger partial charge < -0.3 is 15.7 Å². The van der Waals surface area contributed by atoms with Crippen LogP contribution in [0.1, 0.15) is 20.3 Å². The molecule has 19 heavy (non-hydrogen) atoms. The first-order valence-electron chi connectivity index (χ1n) is 5.46. The lowest BCUT2D eigenvalue weighted by atomic mass is 10.0. The average molecular weight is 302 g/mol. The molecule has 9 heteroatoms. The normalized spacial score (nSPS) is 16.3. The maximum absolute atomic E-state index is 12.7. The van der Waals surface area contributed by atoms with Crippen LogP contribution in [0.2, 0.25) is 0 Å². The number of carboxylic acid groups (broad SMARTS) is 1. The van der Waals surface area contributed by atoms with E-state index in [2.05, 4.69) is 5.32 Å². The van der Waals surface area contributed by atoms with Crippen LogP contribution in [0.15, 0.2) is 0 Å². The Hall–Kier alpha value is -1.12. The molecule has 3 N–H and O–H groups in total. The maximum atomic E-state index is 12.7. The molecule has 0 saturated carbocycles. The van der Waals surface area contributed by atoms with Gasteiger partial charge in [-0.1, -0.05) is 6.92 Å². The molecule has 2 amide bonds. The van der Waals surface area contributed by atoms with Gasteiger partial charge in [0.15, 0.2) is 0 Å². The largest absolute Gasteiger partial charge is 0.479 e. The van der Waals surface area contributed by atoms with E-state index in [0.29, 0.717) is 19.1 Å². The summed E-state index contributed by atoms with van der Waals surface area (Å²) in [4.78, 5) is 22.2. The van der Waals surface area contributed by atoms with Crippen LogP contribution in [-0.4, -0.2) is 46.9 Å². The molecule has 0 rings (SSSR count). The van der Waals surface area contributed by atoms with E-state index in [0.717, 1.165) is 0 Å². The van der Waals surface area contributed by atoms with Crippen LogP contribution in [0.5, 0.6) is 0 Å². The summed E-state index contributed by atoms with van der Waals surface area (Å²) in [6.07, 6.45) is -2.76. The molecular formula is C10H17F3N2O3S. The molecule has 2 unspecified atom stereocenters. The Bertz CT molecular complexity index is 338. The summed E-state index contributed by atoms with van der Waals surface area (Å²) < 4.78 is 38.0. The first-order chi connectivity index (χ1) is 8.58. The van der Waals surface area contributed by atoms with Gasteiger partial charge in [-0.25, -0.2) is 9.59 Å². The molecule has 0 heterocycles. The number of halogens is 3. The van der Waals surface area contributed by atoms with Gasteiger partial charge in [0, 0.05) is 11.8 Å². The number of amides is 2. The lowest BCUT2D eigenvalue weighted by Gasteiger charge is -2.29. The third-order valence-electron chi connectivity index (χ3n) is 2.55. The molecule has 0 aliphatic heterocycles. The van der Waals surface area contributed by atoms with Crippen LogP contribution in [0.3, 0.4) is 0 Å². The number of thioether (sulfide) groups is 1. The third kappa shape index (κ3) is 4.81. The highest BCUT2D eigenvalue weighted by molar-refractivity contribution is 7.98. The molecule has 0 aromatic heterocycles. The molecule has 0 aliphatic rings. The molecule has 0 bridgehead atoms. The standard InChI is InChI=1S/C10H17F3N2O3S/c1-4-6(5-19-3)14-8(18)15-9(2,7(16)17)10(11,12)13/h6H,4-5H2,1-3H3,(H,16,17)(H2,14,15,18). The summed E-state index contributed by atoms with van der Waals surface area (Å²) >= 11 is 1.43. The van der Waals surface area contributed by atoms with Gasteiger partial charge in [0.2, 0.25) is 5.54 Å². The second-order valence-corrected chi connectivity index (χ2v) is 5.00. The Morgan fingerprint density at radius 2 is 1.89 bits per heavy atom. The van der Waals surface area contributed by atoms with E-state index in [4.69, 9.17) is 5.11 Å². The Labute approximate surface area is 113 Å². The van der Waals surface area contributed by atoms with Gasteiger partial charge >= 0.3 is 18.2 Å². The van der Waals surface area contributed by atoms with E-state index in [1.54, 1.807) is 13.2 Å². The minimum absolute atomic E-state index is 0.318. The number of alkyl halides is 3. The first-order valence-corrected chi connectivity index (χ1v) is 6.85. The van der Waals surface area contributed by atoms with E-state index in [1.165, 1.54) is 17.1 Å². The number of carbonyl (C=O) groups excluding carboxylic acids is 1. The molecular weight excluding hydrogens is 285 g/mol. The molecule has 2 atom stereocenters. The monoisotopic (exact) mass is 302 g/mol. The van der Waals surface area contributed by atoms with Gasteiger partial charge in [-0.15, -0.1) is 0 Å². The number of rotatable bonds is 6. The Morgan fingerprint density at radius 1 is 1.37 bits per heavy atom. The predicted octanol–water partition coefficient (Wildman–Crippen LogP) is 1.83. The maximum Gasteiger partial charge on any atom is 0.422 e. The highest BCUT2D eigenvalue weighted by Crippen LogP contribution is 2.30. The second-order valence-electron chi connectivity index (χ2n) is 4.09. The molecule has 112 valence electrons. The number of aliphatic carboxylic acids is 1. The van der Waals surface area contributed by atoms with Crippen LogP contribution < -0.4 is 10.6 Å². The fraction of sp³-hybridized carbons (Fsp3) is 0.800. The van der Waals surface area contributed by atoms with Crippen molar-refractivity contribution in [2.24, 2.45) is 0 Å². The van der Waals surface area contributed by atoms with Crippen LogP contribution >= 0.6 is 11.8 Å². The van der Waals surface area contributed by atoms with Crippen LogP contribution in [0.4, 0.5) is 18.0 Å². The average Bonchev–Trinajstić information content (AvgIpc) is 2.26. The van der Waals surface area contributed by atoms with Crippen molar-refractivity contribution < 1.29 is 27.9 Å². The number of nitrogens with one attached hydrogen (secondary N) is 2. The van der Waals surface area contributed by atoms with Crippen molar-refractivity contribution in [3.63, 3.8) is 0 Å². The summed E-state index contributed by atoms with van der Waals surface area (Å²) in [7, 11) is 0. The van der Waals surface area contributed by atoms with Gasteiger partial charge in [0.25, 0.3) is 0 Å². The Kier molecular flexibility index (Phi) is 6.47. The number of hydrogen-bond donors (Lipinski definition) is 3. The van der Waals surface area contributed by atoms with Crippen molar-refractivity contribution in [3.8, 4) is 0 Å². The minimum Gasteiger partial charge on any atom is -0.479 e. The second kappa shape index (κ2) is 6.88. The zero-order valence-corrected chi connectivity index (χ0v) is 11.6. The first kappa shape index (κ1) is 17.9. The Balaban J connectivity index is 4.80. The smallest absolute Gasteiger partial charge is 0.422 e. The van der Waals surface area contributed by atoms with Crippen molar-refractivity contribution in [1.82, 2.24) is 10.6 Å². The van der Waals surface area contributed by atoms with Gasteiger partial charge in [0.1, 0.15) is 0 Å². The molecule has 5 nitrogen and oxygen atoms in total. The topological polar surface area (TPSA) is 78.4 Å². The highest BCUT2D eigenvalue weighted by Gasteiger charge is 2.58. The van der Waals surface area contributed by atoms with Crippen LogP contribution in [-0.2, 0) is 4.79 Å². The number of hydrogen-bond acceptors (Lipinski definition) is 3. The molecule has 0 aromatic carbocycles. The lowest BCUT2D eigenvalue weighted by molar-refractivity contribution is -0.203. The summed E-state index contributed by atoms with van der Waals surface area (Å²) in [5.74, 6) is -1.63. The molecule has 0 fully saturated rings. The van der Waals surface area contributed by atoms with Gasteiger partial charge in [-0.2, -0.15) is 24.9 Å². The quantitative estimate of drug-likeness (QED) is 0.699. The van der Waals surface area contributed by atoms with Crippen molar-refractivity contribution >= 4 is 23.8 Å². The predicted molar refractivity (Wildman–Crippen MR) is 66.2 cm³/mol. The lowest BCUT2D eigenvalue weighted by Crippen LogP contribution is -2.64. The summed E-state index contributed by atoms with van der Waals surface area (Å²) in [5.41, 5.74) is -3.31. The van der Waals surface area contributed by atoms with Crippen LogP contribution in [0, 0.1) is 0 Å². The molecule has 0 aromatic rings. The van der Waals surface area contributed by atoms with Gasteiger partial charge in [-0.3, -0.25) is 0 Å². The zero-order chi connectivity index (χ0) is 15.3. The number of carboxylic acids is 1. The van der Waals surface area contributed by atoms with Crippen molar-refractivity contribution in [3.05, 3.63) is 0 Å². The van der Waals surface area contributed by atoms with Crippen LogP contribution in [0.25, 0.3) is 0 Å². The zero-order valence-electron chi connectivity index (χ0n) is 10.8. The van der Waals surface area contributed by atoms with Crippen molar-refractivity contribution in [1.29, 1.82) is 0 Å². The van der Waals surface area contributed by atoms with E-state index >= 15 is 0 Å². The highest BCUT2D eigenvalue weighted by atomic mass is 32.2. The molecule has 0 spiro atoms. The number of carbonyl (C=O) groups is 2. The molecule has 0 saturated heterocycles. The van der Waals surface area contributed by atoms with Gasteiger partial charge in [-0.05, 0) is 19.6 Å².